The Morgan fingerprint density at radius 3 is 2.74 bits per heavy atom. The van der Waals surface area contributed by atoms with Crippen LogP contribution in [0.15, 0.2) is 12.2 Å². The van der Waals surface area contributed by atoms with Gasteiger partial charge in [-0.3, -0.25) is 0 Å². The van der Waals surface area contributed by atoms with Crippen molar-refractivity contribution in [3.8, 4) is 0 Å². The van der Waals surface area contributed by atoms with E-state index in [1.165, 1.54) is 0 Å². The summed E-state index contributed by atoms with van der Waals surface area (Å²) in [5.74, 6) is 0. The van der Waals surface area contributed by atoms with Crippen molar-refractivity contribution in [3.63, 3.8) is 0 Å². The predicted molar refractivity (Wildman–Crippen MR) is 71.9 cm³/mol. The Morgan fingerprint density at radius 2 is 2.05 bits per heavy atom. The quantitative estimate of drug-likeness (QED) is 0.447. The first kappa shape index (κ1) is 16.6. The van der Waals surface area contributed by atoms with Gasteiger partial charge in [0, 0.05) is 6.61 Å². The van der Waals surface area contributed by atoms with Gasteiger partial charge in [-0.15, -0.1) is 0 Å². The van der Waals surface area contributed by atoms with Gasteiger partial charge in [0.05, 0.1) is 13.2 Å². The lowest BCUT2D eigenvalue weighted by Gasteiger charge is -2.37. The lowest BCUT2D eigenvalue weighted by Crippen LogP contribution is -2.55. The van der Waals surface area contributed by atoms with E-state index < -0.39 is 24.4 Å². The van der Waals surface area contributed by atoms with Gasteiger partial charge in [0.25, 0.3) is 0 Å². The van der Waals surface area contributed by atoms with Crippen molar-refractivity contribution >= 4 is 0 Å². The first-order chi connectivity index (χ1) is 9.20. The minimum absolute atomic E-state index is 0.0373. The molecule has 0 saturated carbocycles. The molecule has 1 saturated heterocycles. The van der Waals surface area contributed by atoms with E-state index in [0.29, 0.717) is 6.61 Å². The predicted octanol–water partition coefficient (Wildman–Crippen LogP) is 0.621. The van der Waals surface area contributed by atoms with Gasteiger partial charge in [-0.2, -0.15) is 0 Å². The van der Waals surface area contributed by atoms with Crippen molar-refractivity contribution < 1.29 is 24.8 Å². The van der Waals surface area contributed by atoms with Crippen molar-refractivity contribution in [3.05, 3.63) is 12.2 Å². The lowest BCUT2D eigenvalue weighted by molar-refractivity contribution is -0.211. The van der Waals surface area contributed by atoms with Crippen LogP contribution in [0.4, 0.5) is 0 Å². The third-order valence-corrected chi connectivity index (χ3v) is 3.32. The number of hydrogen-bond acceptors (Lipinski definition) is 5. The number of unbranched alkanes of at least 4 members (excludes halogenated alkanes) is 3. The molecule has 0 aromatic carbocycles. The molecule has 1 aliphatic rings. The summed E-state index contributed by atoms with van der Waals surface area (Å²) in [7, 11) is 0. The van der Waals surface area contributed by atoms with E-state index in [4.69, 9.17) is 14.6 Å². The van der Waals surface area contributed by atoms with Gasteiger partial charge in [0.15, 0.2) is 0 Å². The van der Waals surface area contributed by atoms with Crippen LogP contribution in [0.25, 0.3) is 0 Å². The summed E-state index contributed by atoms with van der Waals surface area (Å²) >= 11 is 0. The Labute approximate surface area is 114 Å². The highest BCUT2D eigenvalue weighted by atomic mass is 16.6. The van der Waals surface area contributed by atoms with Crippen LogP contribution in [0.5, 0.6) is 0 Å². The number of allylic oxidation sites excluding steroid dienone is 2. The lowest BCUT2D eigenvalue weighted by atomic mass is 10.0. The Bertz CT molecular complexity index is 254. The molecule has 5 nitrogen and oxygen atoms in total. The SMILES string of the molecule is C/C=C/CCCCCO[C@@H]1[C@@H](O)[C@H](O)CO[C@H]1CO. The summed E-state index contributed by atoms with van der Waals surface area (Å²) in [5, 5.41) is 28.5. The highest BCUT2D eigenvalue weighted by Crippen LogP contribution is 2.19. The molecule has 1 aliphatic heterocycles. The van der Waals surface area contributed by atoms with E-state index in [9.17, 15) is 10.2 Å². The van der Waals surface area contributed by atoms with Crippen LogP contribution >= 0.6 is 0 Å². The van der Waals surface area contributed by atoms with Crippen molar-refractivity contribution in [2.24, 2.45) is 0 Å². The molecular formula is C14H26O5. The second kappa shape index (κ2) is 9.44. The van der Waals surface area contributed by atoms with Crippen LogP contribution in [-0.2, 0) is 9.47 Å². The second-order valence-electron chi connectivity index (χ2n) is 4.87. The molecule has 4 atom stereocenters. The Balaban J connectivity index is 2.21. The minimum atomic E-state index is -0.992. The molecule has 3 N–H and O–H groups in total. The van der Waals surface area contributed by atoms with Crippen LogP contribution in [0.3, 0.4) is 0 Å². The Kier molecular flexibility index (Phi) is 8.25. The highest BCUT2D eigenvalue weighted by Gasteiger charge is 2.39. The molecule has 0 spiro atoms. The fraction of sp³-hybridized carbons (Fsp3) is 0.857. The van der Waals surface area contributed by atoms with Gasteiger partial charge < -0.3 is 24.8 Å². The maximum atomic E-state index is 9.84. The van der Waals surface area contributed by atoms with Crippen molar-refractivity contribution in [2.45, 2.75) is 57.0 Å². The minimum Gasteiger partial charge on any atom is -0.394 e. The standard InChI is InChI=1S/C14H26O5/c1-2-3-4-5-6-7-8-18-14-12(9-15)19-10-11(16)13(14)17/h2-3,11-17H,4-10H2,1H3/b3-2+/t11-,12+,13+,14+/m1/s1. The summed E-state index contributed by atoms with van der Waals surface area (Å²) in [6.45, 7) is 2.34. The molecule has 0 amide bonds. The van der Waals surface area contributed by atoms with Gasteiger partial charge >= 0.3 is 0 Å². The molecule has 19 heavy (non-hydrogen) atoms. The van der Waals surface area contributed by atoms with E-state index in [0.717, 1.165) is 25.7 Å². The monoisotopic (exact) mass is 274 g/mol. The third-order valence-electron chi connectivity index (χ3n) is 3.32. The zero-order chi connectivity index (χ0) is 14.1. The summed E-state index contributed by atoms with van der Waals surface area (Å²) < 4.78 is 10.8. The first-order valence-electron chi connectivity index (χ1n) is 7.02. The van der Waals surface area contributed by atoms with E-state index in [-0.39, 0.29) is 13.2 Å². The maximum absolute atomic E-state index is 9.84. The van der Waals surface area contributed by atoms with Crippen molar-refractivity contribution in [1.29, 1.82) is 0 Å². The van der Waals surface area contributed by atoms with Crippen LogP contribution < -0.4 is 0 Å². The molecule has 1 heterocycles. The maximum Gasteiger partial charge on any atom is 0.114 e. The first-order valence-corrected chi connectivity index (χ1v) is 7.02. The molecule has 0 aromatic rings. The second-order valence-corrected chi connectivity index (χ2v) is 4.87. The molecule has 0 radical (unpaired) electrons. The number of aliphatic hydroxyl groups is 3. The average Bonchev–Trinajstić information content (AvgIpc) is 2.42. The van der Waals surface area contributed by atoms with Gasteiger partial charge in [0.1, 0.15) is 24.4 Å². The van der Waals surface area contributed by atoms with Gasteiger partial charge in [0.2, 0.25) is 0 Å². The van der Waals surface area contributed by atoms with E-state index in [1.54, 1.807) is 0 Å². The van der Waals surface area contributed by atoms with E-state index in [1.807, 2.05) is 13.0 Å². The van der Waals surface area contributed by atoms with Crippen LogP contribution in [0.1, 0.15) is 32.6 Å². The van der Waals surface area contributed by atoms with Crippen LogP contribution in [-0.4, -0.2) is 59.6 Å². The van der Waals surface area contributed by atoms with Gasteiger partial charge in [-0.25, -0.2) is 0 Å². The van der Waals surface area contributed by atoms with Crippen molar-refractivity contribution in [1.82, 2.24) is 0 Å². The number of aliphatic hydroxyl groups excluding tert-OH is 3. The number of rotatable bonds is 8. The molecular weight excluding hydrogens is 248 g/mol. The highest BCUT2D eigenvalue weighted by molar-refractivity contribution is 4.87. The molecule has 1 fully saturated rings. The van der Waals surface area contributed by atoms with Crippen molar-refractivity contribution in [2.75, 3.05) is 19.8 Å². The third kappa shape index (κ3) is 5.58. The molecule has 0 aromatic heterocycles. The summed E-state index contributed by atoms with van der Waals surface area (Å²) in [5.41, 5.74) is 0. The summed E-state index contributed by atoms with van der Waals surface area (Å²) in [4.78, 5) is 0. The fourth-order valence-electron chi connectivity index (χ4n) is 2.14. The number of ether oxygens (including phenoxy) is 2. The Morgan fingerprint density at radius 1 is 1.26 bits per heavy atom. The zero-order valence-corrected chi connectivity index (χ0v) is 11.6. The normalized spacial score (nSPS) is 32.0. The average molecular weight is 274 g/mol. The van der Waals surface area contributed by atoms with E-state index in [2.05, 4.69) is 6.08 Å². The smallest absolute Gasteiger partial charge is 0.114 e. The van der Waals surface area contributed by atoms with Crippen LogP contribution in [0.2, 0.25) is 0 Å². The number of hydrogen-bond donors (Lipinski definition) is 3. The topological polar surface area (TPSA) is 79.2 Å². The Hall–Kier alpha value is -0.460. The van der Waals surface area contributed by atoms with Gasteiger partial charge in [-0.05, 0) is 26.2 Å². The fourth-order valence-corrected chi connectivity index (χ4v) is 2.14. The summed E-state index contributed by atoms with van der Waals surface area (Å²) in [6.07, 6.45) is 5.18. The molecule has 1 rings (SSSR count). The van der Waals surface area contributed by atoms with Gasteiger partial charge in [-0.1, -0.05) is 18.6 Å². The zero-order valence-electron chi connectivity index (χ0n) is 11.6. The molecule has 0 aliphatic carbocycles. The molecule has 5 heteroatoms. The molecule has 0 unspecified atom stereocenters. The largest absolute Gasteiger partial charge is 0.394 e. The molecule has 0 bridgehead atoms. The van der Waals surface area contributed by atoms with E-state index >= 15 is 0 Å². The molecule has 112 valence electrons. The summed E-state index contributed by atoms with van der Waals surface area (Å²) in [6, 6.07) is 0. The van der Waals surface area contributed by atoms with Crippen LogP contribution in [0, 0.1) is 0 Å².